The molecular formula is C21H25ClN2O3. The number of halogens is 1. The summed E-state index contributed by atoms with van der Waals surface area (Å²) in [4.78, 5) is 25.0. The zero-order chi connectivity index (χ0) is 19.8. The smallest absolute Gasteiger partial charge is 0.265 e. The minimum absolute atomic E-state index is 0.213. The molecule has 0 saturated heterocycles. The van der Waals surface area contributed by atoms with Gasteiger partial charge in [0.1, 0.15) is 5.75 Å². The van der Waals surface area contributed by atoms with Crippen LogP contribution in [0.2, 0.25) is 5.02 Å². The van der Waals surface area contributed by atoms with Gasteiger partial charge in [-0.1, -0.05) is 37.6 Å². The van der Waals surface area contributed by atoms with E-state index in [4.69, 9.17) is 16.3 Å². The standard InChI is InChI=1S/C21H25ClN2O3/c1-4-12-23-20(25)16-8-6-7-9-18(16)24-21(26)19(5-2)27-15-10-11-17(22)14(3)13-15/h6-11,13,19H,4-5,12H2,1-3H3,(H,23,25)(H,24,26)/t19-/m0/s1. The van der Waals surface area contributed by atoms with Gasteiger partial charge in [-0.2, -0.15) is 0 Å². The number of ether oxygens (including phenoxy) is 1. The molecule has 5 nitrogen and oxygen atoms in total. The third-order valence-electron chi connectivity index (χ3n) is 4.04. The minimum atomic E-state index is -0.683. The fourth-order valence-corrected chi connectivity index (χ4v) is 2.63. The zero-order valence-electron chi connectivity index (χ0n) is 15.8. The second-order valence-corrected chi connectivity index (χ2v) is 6.62. The fourth-order valence-electron chi connectivity index (χ4n) is 2.51. The molecule has 2 amide bonds. The summed E-state index contributed by atoms with van der Waals surface area (Å²) in [5, 5.41) is 6.28. The van der Waals surface area contributed by atoms with Crippen LogP contribution in [0.15, 0.2) is 42.5 Å². The van der Waals surface area contributed by atoms with Crippen molar-refractivity contribution >= 4 is 29.1 Å². The van der Waals surface area contributed by atoms with Crippen LogP contribution < -0.4 is 15.4 Å². The van der Waals surface area contributed by atoms with Gasteiger partial charge in [0, 0.05) is 11.6 Å². The topological polar surface area (TPSA) is 67.4 Å². The van der Waals surface area contributed by atoms with Crippen LogP contribution in [-0.4, -0.2) is 24.5 Å². The molecule has 0 unspecified atom stereocenters. The molecule has 0 aliphatic carbocycles. The van der Waals surface area contributed by atoms with Crippen molar-refractivity contribution in [3.05, 3.63) is 58.6 Å². The lowest BCUT2D eigenvalue weighted by atomic mass is 10.1. The number of carbonyl (C=O) groups is 2. The highest BCUT2D eigenvalue weighted by Crippen LogP contribution is 2.23. The van der Waals surface area contributed by atoms with Crippen molar-refractivity contribution in [1.82, 2.24) is 5.32 Å². The summed E-state index contributed by atoms with van der Waals surface area (Å²) >= 11 is 6.03. The van der Waals surface area contributed by atoms with E-state index in [1.54, 1.807) is 42.5 Å². The Labute approximate surface area is 165 Å². The fraction of sp³-hybridized carbons (Fsp3) is 0.333. The lowest BCUT2D eigenvalue weighted by molar-refractivity contribution is -0.122. The van der Waals surface area contributed by atoms with Gasteiger partial charge in [0.05, 0.1) is 11.3 Å². The SMILES string of the molecule is CCCNC(=O)c1ccccc1NC(=O)[C@H](CC)Oc1ccc(Cl)c(C)c1. The Morgan fingerprint density at radius 3 is 2.56 bits per heavy atom. The van der Waals surface area contributed by atoms with Gasteiger partial charge in [0.25, 0.3) is 11.8 Å². The largest absolute Gasteiger partial charge is 0.481 e. The van der Waals surface area contributed by atoms with E-state index in [0.29, 0.717) is 35.0 Å². The van der Waals surface area contributed by atoms with E-state index < -0.39 is 6.10 Å². The average Bonchev–Trinajstić information content (AvgIpc) is 2.67. The number of hydrogen-bond donors (Lipinski definition) is 2. The summed E-state index contributed by atoms with van der Waals surface area (Å²) in [6, 6.07) is 12.2. The van der Waals surface area contributed by atoms with Crippen LogP contribution in [0.5, 0.6) is 5.75 Å². The molecule has 2 rings (SSSR count). The summed E-state index contributed by atoms with van der Waals surface area (Å²) in [6.45, 7) is 6.31. The molecule has 0 saturated carbocycles. The van der Waals surface area contributed by atoms with Crippen molar-refractivity contribution < 1.29 is 14.3 Å². The van der Waals surface area contributed by atoms with Crippen molar-refractivity contribution in [1.29, 1.82) is 0 Å². The first-order chi connectivity index (χ1) is 13.0. The molecule has 2 N–H and O–H groups in total. The molecule has 144 valence electrons. The van der Waals surface area contributed by atoms with Gasteiger partial charge in [-0.05, 0) is 55.7 Å². The number of carbonyl (C=O) groups excluding carboxylic acids is 2. The van der Waals surface area contributed by atoms with Crippen LogP contribution in [0.3, 0.4) is 0 Å². The first-order valence-electron chi connectivity index (χ1n) is 9.07. The van der Waals surface area contributed by atoms with Crippen molar-refractivity contribution in [3.8, 4) is 5.75 Å². The van der Waals surface area contributed by atoms with Gasteiger partial charge < -0.3 is 15.4 Å². The predicted octanol–water partition coefficient (Wildman–Crippen LogP) is 4.58. The molecule has 0 aliphatic heterocycles. The van der Waals surface area contributed by atoms with Gasteiger partial charge in [-0.15, -0.1) is 0 Å². The first kappa shape index (κ1) is 20.8. The lowest BCUT2D eigenvalue weighted by Gasteiger charge is -2.19. The average molecular weight is 389 g/mol. The number of nitrogens with one attached hydrogen (secondary N) is 2. The van der Waals surface area contributed by atoms with E-state index in [1.165, 1.54) is 0 Å². The number of benzene rings is 2. The van der Waals surface area contributed by atoms with Crippen LogP contribution in [0, 0.1) is 6.92 Å². The summed E-state index contributed by atoms with van der Waals surface area (Å²) in [6.07, 6.45) is 0.641. The van der Waals surface area contributed by atoms with E-state index in [0.717, 1.165) is 12.0 Å². The van der Waals surface area contributed by atoms with E-state index >= 15 is 0 Å². The molecule has 0 bridgehead atoms. The predicted molar refractivity (Wildman–Crippen MR) is 109 cm³/mol. The van der Waals surface area contributed by atoms with Crippen LogP contribution in [0.25, 0.3) is 0 Å². The Kier molecular flexibility index (Phi) is 7.67. The molecule has 0 aliphatic rings. The Bertz CT molecular complexity index is 808. The maximum Gasteiger partial charge on any atom is 0.265 e. The second-order valence-electron chi connectivity index (χ2n) is 6.22. The van der Waals surface area contributed by atoms with Crippen molar-refractivity contribution in [2.45, 2.75) is 39.7 Å². The number of para-hydroxylation sites is 1. The Balaban J connectivity index is 2.12. The van der Waals surface area contributed by atoms with Gasteiger partial charge in [-0.25, -0.2) is 0 Å². The summed E-state index contributed by atoms with van der Waals surface area (Å²) in [7, 11) is 0. The van der Waals surface area contributed by atoms with Gasteiger partial charge in [-0.3, -0.25) is 9.59 Å². The molecule has 27 heavy (non-hydrogen) atoms. The highest BCUT2D eigenvalue weighted by Gasteiger charge is 2.21. The summed E-state index contributed by atoms with van der Waals surface area (Å²) < 4.78 is 5.83. The molecule has 2 aromatic carbocycles. The molecule has 0 spiro atoms. The van der Waals surface area contributed by atoms with E-state index in [-0.39, 0.29) is 11.8 Å². The minimum Gasteiger partial charge on any atom is -0.481 e. The number of amides is 2. The lowest BCUT2D eigenvalue weighted by Crippen LogP contribution is -2.33. The third kappa shape index (κ3) is 5.73. The van der Waals surface area contributed by atoms with Crippen LogP contribution in [0.1, 0.15) is 42.6 Å². The summed E-state index contributed by atoms with van der Waals surface area (Å²) in [5.74, 6) is 0.0590. The molecular weight excluding hydrogens is 364 g/mol. The Hall–Kier alpha value is -2.53. The van der Waals surface area contributed by atoms with Crippen molar-refractivity contribution in [3.63, 3.8) is 0 Å². The second kappa shape index (κ2) is 9.97. The van der Waals surface area contributed by atoms with Gasteiger partial charge in [0.15, 0.2) is 6.10 Å². The molecule has 1 atom stereocenters. The molecule has 0 heterocycles. The maximum atomic E-state index is 12.7. The quantitative estimate of drug-likeness (QED) is 0.695. The number of rotatable bonds is 8. The molecule has 0 radical (unpaired) electrons. The highest BCUT2D eigenvalue weighted by atomic mass is 35.5. The van der Waals surface area contributed by atoms with Crippen molar-refractivity contribution in [2.24, 2.45) is 0 Å². The maximum absolute atomic E-state index is 12.7. The van der Waals surface area contributed by atoms with Gasteiger partial charge in [0.2, 0.25) is 0 Å². The Morgan fingerprint density at radius 2 is 1.89 bits per heavy atom. The third-order valence-corrected chi connectivity index (χ3v) is 4.46. The zero-order valence-corrected chi connectivity index (χ0v) is 16.6. The van der Waals surface area contributed by atoms with E-state index in [1.807, 2.05) is 20.8 Å². The highest BCUT2D eigenvalue weighted by molar-refractivity contribution is 6.31. The van der Waals surface area contributed by atoms with Crippen LogP contribution in [0.4, 0.5) is 5.69 Å². The molecule has 0 fully saturated rings. The first-order valence-corrected chi connectivity index (χ1v) is 9.45. The van der Waals surface area contributed by atoms with Crippen molar-refractivity contribution in [2.75, 3.05) is 11.9 Å². The molecule has 0 aromatic heterocycles. The molecule has 2 aromatic rings. The molecule has 6 heteroatoms. The summed E-state index contributed by atoms with van der Waals surface area (Å²) in [5.41, 5.74) is 1.77. The number of aryl methyl sites for hydroxylation is 1. The van der Waals surface area contributed by atoms with Crippen LogP contribution >= 0.6 is 11.6 Å². The number of hydrogen-bond acceptors (Lipinski definition) is 3. The van der Waals surface area contributed by atoms with Crippen LogP contribution in [-0.2, 0) is 4.79 Å². The Morgan fingerprint density at radius 1 is 1.15 bits per heavy atom. The van der Waals surface area contributed by atoms with E-state index in [9.17, 15) is 9.59 Å². The normalized spacial score (nSPS) is 11.6. The monoisotopic (exact) mass is 388 g/mol. The van der Waals surface area contributed by atoms with E-state index in [2.05, 4.69) is 10.6 Å². The van der Waals surface area contributed by atoms with Gasteiger partial charge >= 0.3 is 0 Å². The number of anilines is 1.